The van der Waals surface area contributed by atoms with Crippen molar-refractivity contribution in [3.8, 4) is 5.75 Å². The number of rotatable bonds is 7. The quantitative estimate of drug-likeness (QED) is 0.763. The van der Waals surface area contributed by atoms with Crippen molar-refractivity contribution in [3.05, 3.63) is 40.3 Å². The highest BCUT2D eigenvalue weighted by Gasteiger charge is 2.10. The highest BCUT2D eigenvalue weighted by molar-refractivity contribution is 7.09. The molecule has 2 N–H and O–H groups in total. The molecule has 7 heteroatoms. The molecule has 2 aromatic rings. The molecule has 1 aromatic heterocycles. The molecule has 1 aromatic carbocycles. The number of urea groups is 1. The van der Waals surface area contributed by atoms with Crippen LogP contribution in [-0.4, -0.2) is 29.9 Å². The van der Waals surface area contributed by atoms with Crippen LogP contribution >= 0.6 is 11.3 Å². The third-order valence-corrected chi connectivity index (χ3v) is 3.88. The Morgan fingerprint density at radius 2 is 2.17 bits per heavy atom. The van der Waals surface area contributed by atoms with Crippen molar-refractivity contribution in [3.63, 3.8) is 0 Å². The van der Waals surface area contributed by atoms with E-state index < -0.39 is 0 Å². The van der Waals surface area contributed by atoms with Crippen LogP contribution in [0.5, 0.6) is 5.75 Å². The van der Waals surface area contributed by atoms with Gasteiger partial charge in [-0.1, -0.05) is 0 Å². The molecule has 1 heterocycles. The van der Waals surface area contributed by atoms with Crippen LogP contribution in [-0.2, 0) is 6.42 Å². The lowest BCUT2D eigenvalue weighted by molar-refractivity contribution is 0.101. The van der Waals surface area contributed by atoms with Gasteiger partial charge in [0.25, 0.3) is 0 Å². The number of carbonyl (C=O) groups is 2. The fourth-order valence-corrected chi connectivity index (χ4v) is 2.57. The number of anilines is 1. The number of amides is 2. The Labute approximate surface area is 138 Å². The number of carbonyl (C=O) groups excluding carboxylic acids is 2. The maximum Gasteiger partial charge on any atom is 0.319 e. The van der Waals surface area contributed by atoms with Crippen molar-refractivity contribution < 1.29 is 14.3 Å². The molecule has 0 saturated heterocycles. The number of thiazole rings is 1. The minimum Gasteiger partial charge on any atom is -0.492 e. The largest absolute Gasteiger partial charge is 0.492 e. The van der Waals surface area contributed by atoms with Crippen LogP contribution in [0.25, 0.3) is 0 Å². The molecule has 0 aliphatic carbocycles. The van der Waals surface area contributed by atoms with Crippen molar-refractivity contribution in [1.29, 1.82) is 0 Å². The van der Waals surface area contributed by atoms with Gasteiger partial charge in [0.05, 0.1) is 17.3 Å². The standard InChI is InChI=1S/C16H19N3O3S/c1-3-22-14-5-4-12(11(2)20)10-13(14)19-16(21)18-7-6-15-17-8-9-23-15/h4-5,8-10H,3,6-7H2,1-2H3,(H2,18,19,21). The van der Waals surface area contributed by atoms with Crippen LogP contribution in [0.15, 0.2) is 29.8 Å². The van der Waals surface area contributed by atoms with E-state index in [1.807, 2.05) is 12.3 Å². The van der Waals surface area contributed by atoms with Crippen molar-refractivity contribution in [2.24, 2.45) is 0 Å². The summed E-state index contributed by atoms with van der Waals surface area (Å²) in [5.74, 6) is 0.466. The van der Waals surface area contributed by atoms with Gasteiger partial charge in [0, 0.05) is 30.1 Å². The molecule has 0 atom stereocenters. The summed E-state index contributed by atoms with van der Waals surface area (Å²) in [6.45, 7) is 4.29. The molecular weight excluding hydrogens is 314 g/mol. The number of benzene rings is 1. The first-order chi connectivity index (χ1) is 11.1. The Hall–Kier alpha value is -2.41. The van der Waals surface area contributed by atoms with E-state index >= 15 is 0 Å². The van der Waals surface area contributed by atoms with E-state index in [0.717, 1.165) is 5.01 Å². The second-order valence-corrected chi connectivity index (χ2v) is 5.74. The van der Waals surface area contributed by atoms with Crippen LogP contribution in [0.3, 0.4) is 0 Å². The van der Waals surface area contributed by atoms with Gasteiger partial charge in [0.2, 0.25) is 0 Å². The Bertz CT molecular complexity index is 671. The first-order valence-electron chi connectivity index (χ1n) is 7.31. The molecule has 0 spiro atoms. The summed E-state index contributed by atoms with van der Waals surface area (Å²) in [7, 11) is 0. The summed E-state index contributed by atoms with van der Waals surface area (Å²) >= 11 is 1.55. The van der Waals surface area contributed by atoms with Gasteiger partial charge in [-0.2, -0.15) is 0 Å². The zero-order chi connectivity index (χ0) is 16.7. The van der Waals surface area contributed by atoms with E-state index in [-0.39, 0.29) is 11.8 Å². The maximum atomic E-state index is 12.0. The number of hydrogen-bond acceptors (Lipinski definition) is 5. The van der Waals surface area contributed by atoms with Crippen LogP contribution in [0.4, 0.5) is 10.5 Å². The van der Waals surface area contributed by atoms with Gasteiger partial charge in [0.1, 0.15) is 5.75 Å². The van der Waals surface area contributed by atoms with Crippen molar-refractivity contribution in [1.82, 2.24) is 10.3 Å². The molecule has 23 heavy (non-hydrogen) atoms. The van der Waals surface area contributed by atoms with Gasteiger partial charge >= 0.3 is 6.03 Å². The van der Waals surface area contributed by atoms with Gasteiger partial charge in [-0.05, 0) is 32.0 Å². The van der Waals surface area contributed by atoms with Gasteiger partial charge in [-0.15, -0.1) is 11.3 Å². The molecule has 0 aliphatic heterocycles. The predicted octanol–water partition coefficient (Wildman–Crippen LogP) is 3.11. The minimum atomic E-state index is -0.344. The molecule has 2 rings (SSSR count). The van der Waals surface area contributed by atoms with Crippen molar-refractivity contribution in [2.75, 3.05) is 18.5 Å². The third-order valence-electron chi connectivity index (χ3n) is 3.04. The lowest BCUT2D eigenvalue weighted by atomic mass is 10.1. The van der Waals surface area contributed by atoms with E-state index in [9.17, 15) is 9.59 Å². The van der Waals surface area contributed by atoms with E-state index in [4.69, 9.17) is 4.74 Å². The minimum absolute atomic E-state index is 0.0692. The Kier molecular flexibility index (Phi) is 6.10. The lowest BCUT2D eigenvalue weighted by Gasteiger charge is -2.13. The molecule has 0 fully saturated rings. The Balaban J connectivity index is 1.97. The number of ketones is 1. The monoisotopic (exact) mass is 333 g/mol. The second-order valence-electron chi connectivity index (χ2n) is 4.76. The molecule has 6 nitrogen and oxygen atoms in total. The molecule has 0 unspecified atom stereocenters. The topological polar surface area (TPSA) is 80.3 Å². The summed E-state index contributed by atoms with van der Waals surface area (Å²) in [5, 5.41) is 8.36. The molecule has 0 bridgehead atoms. The van der Waals surface area contributed by atoms with E-state index in [2.05, 4.69) is 15.6 Å². The fourth-order valence-electron chi connectivity index (χ4n) is 1.95. The van der Waals surface area contributed by atoms with Gasteiger partial charge < -0.3 is 15.4 Å². The molecule has 2 amide bonds. The first-order valence-corrected chi connectivity index (χ1v) is 8.19. The number of Topliss-reactive ketones (excluding diaryl/α,β-unsaturated/α-hetero) is 1. The maximum absolute atomic E-state index is 12.0. The number of ether oxygens (including phenoxy) is 1. The van der Waals surface area contributed by atoms with Gasteiger partial charge in [-0.25, -0.2) is 9.78 Å². The molecule has 0 aliphatic rings. The average Bonchev–Trinajstić information content (AvgIpc) is 3.02. The highest BCUT2D eigenvalue weighted by Crippen LogP contribution is 2.26. The molecular formula is C16H19N3O3S. The summed E-state index contributed by atoms with van der Waals surface area (Å²) < 4.78 is 5.47. The summed E-state index contributed by atoms with van der Waals surface area (Å²) in [5.41, 5.74) is 0.998. The van der Waals surface area contributed by atoms with Crippen LogP contribution in [0, 0.1) is 0 Å². The van der Waals surface area contributed by atoms with Crippen molar-refractivity contribution >= 4 is 28.8 Å². The average molecular weight is 333 g/mol. The smallest absolute Gasteiger partial charge is 0.319 e. The second kappa shape index (κ2) is 8.28. The summed E-state index contributed by atoms with van der Waals surface area (Å²) in [6.07, 6.45) is 2.42. The number of aromatic nitrogens is 1. The number of nitrogens with zero attached hydrogens (tertiary/aromatic N) is 1. The first kappa shape index (κ1) is 17.0. The van der Waals surface area contributed by atoms with Crippen molar-refractivity contribution in [2.45, 2.75) is 20.3 Å². The molecule has 122 valence electrons. The Morgan fingerprint density at radius 3 is 2.83 bits per heavy atom. The predicted molar refractivity (Wildman–Crippen MR) is 90.5 cm³/mol. The highest BCUT2D eigenvalue weighted by atomic mass is 32.1. The number of hydrogen-bond donors (Lipinski definition) is 2. The Morgan fingerprint density at radius 1 is 1.35 bits per heavy atom. The normalized spacial score (nSPS) is 10.2. The molecule has 0 radical (unpaired) electrons. The van der Waals surface area contributed by atoms with E-state index in [0.29, 0.717) is 36.6 Å². The summed E-state index contributed by atoms with van der Waals surface area (Å²) in [4.78, 5) is 27.6. The van der Waals surface area contributed by atoms with E-state index in [1.54, 1.807) is 35.7 Å². The zero-order valence-corrected chi connectivity index (χ0v) is 13.9. The fraction of sp³-hybridized carbons (Fsp3) is 0.312. The SMILES string of the molecule is CCOc1ccc(C(C)=O)cc1NC(=O)NCCc1nccs1. The van der Waals surface area contributed by atoms with E-state index in [1.165, 1.54) is 6.92 Å². The molecule has 0 saturated carbocycles. The van der Waals surface area contributed by atoms with Crippen LogP contribution < -0.4 is 15.4 Å². The third kappa shape index (κ3) is 5.07. The lowest BCUT2D eigenvalue weighted by Crippen LogP contribution is -2.30. The zero-order valence-electron chi connectivity index (χ0n) is 13.1. The summed E-state index contributed by atoms with van der Waals surface area (Å²) in [6, 6.07) is 4.64. The number of nitrogens with one attached hydrogen (secondary N) is 2. The van der Waals surface area contributed by atoms with Crippen LogP contribution in [0.2, 0.25) is 0 Å². The van der Waals surface area contributed by atoms with Gasteiger partial charge in [0.15, 0.2) is 5.78 Å². The van der Waals surface area contributed by atoms with Crippen LogP contribution in [0.1, 0.15) is 29.2 Å². The van der Waals surface area contributed by atoms with Gasteiger partial charge in [-0.3, -0.25) is 4.79 Å².